The van der Waals surface area contributed by atoms with Crippen LogP contribution in [0.2, 0.25) is 0 Å². The molecule has 0 aromatic rings. The van der Waals surface area contributed by atoms with Gasteiger partial charge in [-0.3, -0.25) is 9.39 Å². The molecule has 0 bridgehead atoms. The van der Waals surface area contributed by atoms with E-state index in [1.54, 1.807) is 0 Å². The second-order valence-corrected chi connectivity index (χ2v) is 4.70. The highest BCUT2D eigenvalue weighted by Gasteiger charge is 2.14. The van der Waals surface area contributed by atoms with Gasteiger partial charge < -0.3 is 28.7 Å². The molecule has 104 valence electrons. The summed E-state index contributed by atoms with van der Waals surface area (Å²) in [6, 6.07) is 0. The van der Waals surface area contributed by atoms with Crippen molar-refractivity contribution < 1.29 is 38.1 Å². The van der Waals surface area contributed by atoms with Crippen molar-refractivity contribution in [2.24, 2.45) is 0 Å². The summed E-state index contributed by atoms with van der Waals surface area (Å²) in [5, 5.41) is 0. The maximum atomic E-state index is 10.9. The second kappa shape index (κ2) is 11.2. The zero-order chi connectivity index (χ0) is 12.4. The molecule has 0 rings (SSSR count). The molecule has 0 amide bonds. The van der Waals surface area contributed by atoms with Crippen LogP contribution in [0.3, 0.4) is 0 Å². The molecule has 0 heterocycles. The highest BCUT2D eigenvalue weighted by Crippen LogP contribution is 2.02. The Balaban J connectivity index is 0. The first-order chi connectivity index (χ1) is 7.52. The third kappa shape index (κ3) is 12.4. The monoisotopic (exact) mass is 358 g/mol. The summed E-state index contributed by atoms with van der Waals surface area (Å²) in [6.45, 7) is 3.99. The average molecular weight is 358 g/mol. The number of unbranched alkanes of at least 4 members (excludes halogenated alkanes) is 3. The molecule has 0 spiro atoms. The van der Waals surface area contributed by atoms with Crippen LogP contribution in [-0.4, -0.2) is 44.9 Å². The quantitative estimate of drug-likeness (QED) is 0.183. The van der Waals surface area contributed by atoms with E-state index in [2.05, 4.69) is 31.2 Å². The van der Waals surface area contributed by atoms with Crippen molar-refractivity contribution in [3.63, 3.8) is 0 Å². The summed E-state index contributed by atoms with van der Waals surface area (Å²) >= 11 is 0. The Hall–Kier alpha value is 0.120. The van der Waals surface area contributed by atoms with E-state index in [-0.39, 0.29) is 29.9 Å². The van der Waals surface area contributed by atoms with Gasteiger partial charge in [0, 0.05) is 0 Å². The third-order valence-corrected chi connectivity index (χ3v) is 2.67. The van der Waals surface area contributed by atoms with Crippen LogP contribution in [0.15, 0.2) is 0 Å². The van der Waals surface area contributed by atoms with Gasteiger partial charge in [-0.05, 0) is 12.8 Å². The summed E-state index contributed by atoms with van der Waals surface area (Å²) < 4.78 is 5.36. The van der Waals surface area contributed by atoms with Gasteiger partial charge in [-0.2, -0.15) is 5.43 Å². The molecular weight excluding hydrogens is 331 g/mol. The predicted octanol–water partition coefficient (Wildman–Crippen LogP) is -1.29. The molecule has 0 aliphatic carbocycles. The second-order valence-electron chi connectivity index (χ2n) is 4.70. The van der Waals surface area contributed by atoms with Gasteiger partial charge >= 0.3 is 5.97 Å². The number of ether oxygens (including phenoxy) is 1. The molecular formula is C12H27IN2O2. The van der Waals surface area contributed by atoms with Crippen LogP contribution in [0, 0.1) is 0 Å². The number of methoxy groups -OCH3 is 1. The first kappa shape index (κ1) is 19.5. The Morgan fingerprint density at radius 1 is 1.24 bits per heavy atom. The molecule has 0 aliphatic rings. The molecule has 0 unspecified atom stereocenters. The number of hydrogen-bond donors (Lipinski definition) is 1. The summed E-state index contributed by atoms with van der Waals surface area (Å²) in [7, 11) is 5.68. The Labute approximate surface area is 123 Å². The molecule has 0 saturated heterocycles. The zero-order valence-electron chi connectivity index (χ0n) is 11.6. The highest BCUT2D eigenvalue weighted by atomic mass is 127. The van der Waals surface area contributed by atoms with Crippen molar-refractivity contribution in [1.82, 2.24) is 5.43 Å². The first-order valence-electron chi connectivity index (χ1n) is 6.16. The number of halogens is 1. The van der Waals surface area contributed by atoms with E-state index in [1.807, 2.05) is 0 Å². The van der Waals surface area contributed by atoms with E-state index in [0.29, 0.717) is 13.0 Å². The predicted molar refractivity (Wildman–Crippen MR) is 65.8 cm³/mol. The minimum absolute atomic E-state index is 0. The largest absolute Gasteiger partial charge is 1.00 e. The number of carbonyl (C=O) groups excluding carboxylic acids is 1. The fourth-order valence-corrected chi connectivity index (χ4v) is 1.58. The van der Waals surface area contributed by atoms with Gasteiger partial charge in [0.1, 0.15) is 0 Å². The maximum absolute atomic E-state index is 10.9. The number of quaternary nitrogens is 1. The number of nitrogens with zero attached hydrogens (tertiary/aromatic N) is 1. The van der Waals surface area contributed by atoms with Crippen LogP contribution >= 0.6 is 0 Å². The van der Waals surface area contributed by atoms with Gasteiger partial charge in [-0.15, -0.1) is 0 Å². The van der Waals surface area contributed by atoms with Crippen molar-refractivity contribution in [2.45, 2.75) is 39.0 Å². The number of rotatable bonds is 9. The molecule has 0 atom stereocenters. The van der Waals surface area contributed by atoms with E-state index < -0.39 is 0 Å². The van der Waals surface area contributed by atoms with Crippen LogP contribution in [0.5, 0.6) is 0 Å². The summed E-state index contributed by atoms with van der Waals surface area (Å²) in [4.78, 5) is 10.9. The lowest BCUT2D eigenvalue weighted by Crippen LogP contribution is -3.00. The van der Waals surface area contributed by atoms with E-state index >= 15 is 0 Å². The molecule has 4 nitrogen and oxygen atoms in total. The number of esters is 1. The minimum Gasteiger partial charge on any atom is -1.00 e. The lowest BCUT2D eigenvalue weighted by molar-refractivity contribution is -0.934. The van der Waals surface area contributed by atoms with Gasteiger partial charge in [-0.1, -0.05) is 19.8 Å². The van der Waals surface area contributed by atoms with Gasteiger partial charge in [0.05, 0.1) is 40.7 Å². The zero-order valence-corrected chi connectivity index (χ0v) is 13.7. The van der Waals surface area contributed by atoms with Crippen molar-refractivity contribution in [3.05, 3.63) is 0 Å². The SMILES string of the molecule is CCCCCC[N+](C)(C)NCCC(=O)OC.[I-]. The van der Waals surface area contributed by atoms with Gasteiger partial charge in [-0.25, -0.2) is 0 Å². The molecule has 1 N–H and O–H groups in total. The molecule has 17 heavy (non-hydrogen) atoms. The van der Waals surface area contributed by atoms with Crippen molar-refractivity contribution in [3.8, 4) is 0 Å². The van der Waals surface area contributed by atoms with Crippen LogP contribution in [0.25, 0.3) is 0 Å². The fourth-order valence-electron chi connectivity index (χ4n) is 1.58. The highest BCUT2D eigenvalue weighted by molar-refractivity contribution is 5.69. The van der Waals surface area contributed by atoms with E-state index in [4.69, 9.17) is 0 Å². The lowest BCUT2D eigenvalue weighted by atomic mass is 10.2. The molecule has 0 saturated carbocycles. The molecule has 0 radical (unpaired) electrons. The first-order valence-corrected chi connectivity index (χ1v) is 6.16. The van der Waals surface area contributed by atoms with Crippen LogP contribution in [-0.2, 0) is 9.53 Å². The topological polar surface area (TPSA) is 38.3 Å². The average Bonchev–Trinajstić information content (AvgIpc) is 2.24. The molecule has 0 aromatic carbocycles. The Morgan fingerprint density at radius 3 is 2.41 bits per heavy atom. The molecule has 0 aliphatic heterocycles. The smallest absolute Gasteiger partial charge is 0.307 e. The Morgan fingerprint density at radius 2 is 1.88 bits per heavy atom. The summed E-state index contributed by atoms with van der Waals surface area (Å²) in [5.74, 6) is -0.154. The Kier molecular flexibility index (Phi) is 12.8. The standard InChI is InChI=1S/C12H27N2O2.HI/c1-5-6-7-8-11-14(2,3)13-10-9-12(15)16-4;/h13H,5-11H2,1-4H3;1H/q+1;/p-1. The summed E-state index contributed by atoms with van der Waals surface area (Å²) in [5.41, 5.74) is 3.34. The van der Waals surface area contributed by atoms with Crippen LogP contribution < -0.4 is 29.4 Å². The normalized spacial score (nSPS) is 10.8. The summed E-state index contributed by atoms with van der Waals surface area (Å²) in [6.07, 6.45) is 5.53. The van der Waals surface area contributed by atoms with Gasteiger partial charge in [0.2, 0.25) is 0 Å². The minimum atomic E-state index is -0.154. The Bertz CT molecular complexity index is 199. The third-order valence-electron chi connectivity index (χ3n) is 2.67. The van der Waals surface area contributed by atoms with E-state index in [1.165, 1.54) is 32.8 Å². The number of carbonyl (C=O) groups is 1. The molecule has 0 fully saturated rings. The van der Waals surface area contributed by atoms with Gasteiger partial charge in [0.25, 0.3) is 0 Å². The van der Waals surface area contributed by atoms with E-state index in [0.717, 1.165) is 11.1 Å². The van der Waals surface area contributed by atoms with Crippen LogP contribution in [0.1, 0.15) is 39.0 Å². The lowest BCUT2D eigenvalue weighted by Gasteiger charge is -2.29. The number of nitrogens with one attached hydrogen (secondary N) is 1. The molecule has 5 heteroatoms. The van der Waals surface area contributed by atoms with Crippen molar-refractivity contribution in [1.29, 1.82) is 0 Å². The van der Waals surface area contributed by atoms with Crippen molar-refractivity contribution >= 4 is 5.97 Å². The maximum Gasteiger partial charge on any atom is 0.307 e. The molecule has 0 aromatic heterocycles. The van der Waals surface area contributed by atoms with E-state index in [9.17, 15) is 4.79 Å². The van der Waals surface area contributed by atoms with Gasteiger partial charge in [0.15, 0.2) is 0 Å². The number of hydrogen-bond acceptors (Lipinski definition) is 3. The van der Waals surface area contributed by atoms with Crippen LogP contribution in [0.4, 0.5) is 0 Å². The fraction of sp³-hybridized carbons (Fsp3) is 0.917. The van der Waals surface area contributed by atoms with Crippen molar-refractivity contribution in [2.75, 3.05) is 34.3 Å².